The molecule has 0 fully saturated rings. The molecule has 1 atom stereocenters. The van der Waals surface area contributed by atoms with Gasteiger partial charge >= 0.3 is 0 Å². The number of halogens is 1. The van der Waals surface area contributed by atoms with Crippen LogP contribution >= 0.6 is 22.6 Å². The van der Waals surface area contributed by atoms with Crippen LogP contribution in [0, 0.1) is 13.7 Å². The molecule has 0 aliphatic rings. The molecule has 1 aromatic carbocycles. The highest BCUT2D eigenvalue weighted by Gasteiger charge is 2.23. The van der Waals surface area contributed by atoms with Gasteiger partial charge in [0.1, 0.15) is 0 Å². The molecule has 1 rings (SSSR count). The van der Waals surface area contributed by atoms with Crippen molar-refractivity contribution >= 4 is 34.2 Å². The Morgan fingerprint density at radius 1 is 1.52 bits per heavy atom. The minimum atomic E-state index is -0.490. The van der Waals surface area contributed by atoms with E-state index in [0.717, 1.165) is 6.42 Å². The van der Waals surface area contributed by atoms with E-state index in [1.54, 1.807) is 18.1 Å². The van der Waals surface area contributed by atoms with Crippen molar-refractivity contribution in [3.63, 3.8) is 0 Å². The molecule has 1 aromatic rings. The zero-order chi connectivity index (χ0) is 16.0. The van der Waals surface area contributed by atoms with Crippen LogP contribution in [0.5, 0.6) is 0 Å². The number of nitro benzene ring substituents is 1. The summed E-state index contributed by atoms with van der Waals surface area (Å²) in [4.78, 5) is 24.8. The van der Waals surface area contributed by atoms with Gasteiger partial charge in [0, 0.05) is 35.4 Å². The molecule has 1 amide bonds. The highest BCUT2D eigenvalue weighted by atomic mass is 127. The molecule has 0 spiro atoms. The molecule has 0 radical (unpaired) electrons. The van der Waals surface area contributed by atoms with Crippen molar-refractivity contribution in [3.8, 4) is 0 Å². The van der Waals surface area contributed by atoms with E-state index in [-0.39, 0.29) is 17.6 Å². The minimum absolute atomic E-state index is 0.0442. The average molecular weight is 406 g/mol. The maximum atomic E-state index is 12.7. The van der Waals surface area contributed by atoms with Crippen LogP contribution in [0.1, 0.15) is 30.6 Å². The Balaban J connectivity index is 3.12. The summed E-state index contributed by atoms with van der Waals surface area (Å²) in [6, 6.07) is 4.38. The molecular weight excluding hydrogens is 387 g/mol. The first kappa shape index (κ1) is 17.8. The van der Waals surface area contributed by atoms with Crippen LogP contribution in [-0.2, 0) is 4.74 Å². The number of nitrogens with zero attached hydrogens (tertiary/aromatic N) is 2. The summed E-state index contributed by atoms with van der Waals surface area (Å²) in [5.74, 6) is -0.200. The summed E-state index contributed by atoms with van der Waals surface area (Å²) in [6.45, 7) is 4.85. The van der Waals surface area contributed by atoms with E-state index in [9.17, 15) is 14.9 Å². The number of benzene rings is 1. The number of carbonyl (C=O) groups is 1. The lowest BCUT2D eigenvalue weighted by Gasteiger charge is -2.28. The molecular formula is C14H19IN2O4. The van der Waals surface area contributed by atoms with Crippen molar-refractivity contribution in [3.05, 3.63) is 37.4 Å². The number of methoxy groups -OCH3 is 1. The molecule has 0 bridgehead atoms. The van der Waals surface area contributed by atoms with Gasteiger partial charge in [-0.25, -0.2) is 0 Å². The normalized spacial score (nSPS) is 12.0. The van der Waals surface area contributed by atoms with E-state index in [4.69, 9.17) is 4.74 Å². The molecule has 0 aromatic heterocycles. The van der Waals surface area contributed by atoms with Crippen LogP contribution in [0.2, 0.25) is 0 Å². The Bertz CT molecular complexity index is 522. The van der Waals surface area contributed by atoms with Gasteiger partial charge in [0.25, 0.3) is 11.6 Å². The Morgan fingerprint density at radius 2 is 2.19 bits per heavy atom. The molecule has 116 valence electrons. The van der Waals surface area contributed by atoms with E-state index in [0.29, 0.717) is 22.3 Å². The molecule has 6 nitrogen and oxygen atoms in total. The van der Waals surface area contributed by atoms with Crippen LogP contribution in [0.15, 0.2) is 18.2 Å². The zero-order valence-electron chi connectivity index (χ0n) is 12.3. The summed E-state index contributed by atoms with van der Waals surface area (Å²) in [6.07, 6.45) is 0.807. The molecule has 0 aliphatic heterocycles. The predicted octanol–water partition coefficient (Wildman–Crippen LogP) is 3.09. The molecule has 0 heterocycles. The predicted molar refractivity (Wildman–Crippen MR) is 88.5 cm³/mol. The standard InChI is InChI=1S/C14H19IN2O4/c1-4-10(2)16(7-8-21-3)14(18)12-9-11(17(19)20)5-6-13(12)15/h5-6,9-10H,4,7-8H2,1-3H3. The summed E-state index contributed by atoms with van der Waals surface area (Å²) in [7, 11) is 1.58. The SMILES string of the molecule is CCC(C)N(CCOC)C(=O)c1cc([N+](=O)[O-])ccc1I. The quantitative estimate of drug-likeness (QED) is 0.396. The Morgan fingerprint density at radius 3 is 2.71 bits per heavy atom. The molecule has 0 aliphatic carbocycles. The van der Waals surface area contributed by atoms with Crippen LogP contribution in [-0.4, -0.2) is 42.0 Å². The van der Waals surface area contributed by atoms with Crippen LogP contribution < -0.4 is 0 Å². The first-order valence-corrected chi connectivity index (χ1v) is 7.74. The molecule has 7 heteroatoms. The fourth-order valence-corrected chi connectivity index (χ4v) is 2.44. The van der Waals surface area contributed by atoms with E-state index < -0.39 is 4.92 Å². The van der Waals surface area contributed by atoms with Gasteiger partial charge in [-0.1, -0.05) is 6.92 Å². The van der Waals surface area contributed by atoms with Crippen LogP contribution in [0.25, 0.3) is 0 Å². The summed E-state index contributed by atoms with van der Waals surface area (Å²) >= 11 is 2.02. The number of non-ortho nitro benzene ring substituents is 1. The second-order valence-corrected chi connectivity index (χ2v) is 5.83. The van der Waals surface area contributed by atoms with E-state index >= 15 is 0 Å². The third kappa shape index (κ3) is 4.63. The lowest BCUT2D eigenvalue weighted by molar-refractivity contribution is -0.384. The monoisotopic (exact) mass is 406 g/mol. The van der Waals surface area contributed by atoms with Gasteiger partial charge in [-0.05, 0) is 42.0 Å². The smallest absolute Gasteiger partial charge is 0.270 e. The molecule has 0 saturated carbocycles. The van der Waals surface area contributed by atoms with Crippen LogP contribution in [0.3, 0.4) is 0 Å². The van der Waals surface area contributed by atoms with Gasteiger partial charge in [0.2, 0.25) is 0 Å². The van der Waals surface area contributed by atoms with Gasteiger partial charge in [-0.3, -0.25) is 14.9 Å². The van der Waals surface area contributed by atoms with E-state index in [2.05, 4.69) is 0 Å². The van der Waals surface area contributed by atoms with Crippen molar-refractivity contribution in [1.82, 2.24) is 4.90 Å². The van der Waals surface area contributed by atoms with Gasteiger partial charge in [-0.2, -0.15) is 0 Å². The molecule has 0 saturated heterocycles. The third-order valence-corrected chi connectivity index (χ3v) is 4.25. The summed E-state index contributed by atoms with van der Waals surface area (Å²) in [5.41, 5.74) is 0.288. The summed E-state index contributed by atoms with van der Waals surface area (Å²) < 4.78 is 5.74. The highest BCUT2D eigenvalue weighted by molar-refractivity contribution is 14.1. The largest absolute Gasteiger partial charge is 0.383 e. The highest BCUT2D eigenvalue weighted by Crippen LogP contribution is 2.22. The molecule has 1 unspecified atom stereocenters. The Hall–Kier alpha value is -1.22. The zero-order valence-corrected chi connectivity index (χ0v) is 14.5. The minimum Gasteiger partial charge on any atom is -0.383 e. The van der Waals surface area contributed by atoms with Gasteiger partial charge < -0.3 is 9.64 Å². The number of nitro groups is 1. The van der Waals surface area contributed by atoms with Gasteiger partial charge in [0.05, 0.1) is 17.1 Å². The fourth-order valence-electron chi connectivity index (χ4n) is 1.88. The second-order valence-electron chi connectivity index (χ2n) is 4.67. The number of hydrogen-bond donors (Lipinski definition) is 0. The number of rotatable bonds is 7. The van der Waals surface area contributed by atoms with Crippen molar-refractivity contribution < 1.29 is 14.5 Å². The van der Waals surface area contributed by atoms with Crippen molar-refractivity contribution in [2.75, 3.05) is 20.3 Å². The third-order valence-electron chi connectivity index (χ3n) is 3.31. The first-order valence-electron chi connectivity index (χ1n) is 6.66. The van der Waals surface area contributed by atoms with E-state index in [1.165, 1.54) is 12.1 Å². The average Bonchev–Trinajstić information content (AvgIpc) is 2.47. The topological polar surface area (TPSA) is 72.7 Å². The van der Waals surface area contributed by atoms with Gasteiger partial charge in [-0.15, -0.1) is 0 Å². The maximum Gasteiger partial charge on any atom is 0.270 e. The fraction of sp³-hybridized carbons (Fsp3) is 0.500. The lowest BCUT2D eigenvalue weighted by atomic mass is 10.1. The first-order chi connectivity index (χ1) is 9.92. The number of ether oxygens (including phenoxy) is 1. The van der Waals surface area contributed by atoms with E-state index in [1.807, 2.05) is 36.4 Å². The van der Waals surface area contributed by atoms with Crippen LogP contribution in [0.4, 0.5) is 5.69 Å². The maximum absolute atomic E-state index is 12.7. The Kier molecular flexibility index (Phi) is 7.03. The Labute approximate surface area is 137 Å². The molecule has 0 N–H and O–H groups in total. The molecule has 21 heavy (non-hydrogen) atoms. The summed E-state index contributed by atoms with van der Waals surface area (Å²) in [5, 5.41) is 10.9. The second kappa shape index (κ2) is 8.28. The number of amides is 1. The number of carbonyl (C=O) groups excluding carboxylic acids is 1. The van der Waals surface area contributed by atoms with Crippen molar-refractivity contribution in [2.24, 2.45) is 0 Å². The lowest BCUT2D eigenvalue weighted by Crippen LogP contribution is -2.40. The van der Waals surface area contributed by atoms with Crippen molar-refractivity contribution in [1.29, 1.82) is 0 Å². The van der Waals surface area contributed by atoms with Crippen molar-refractivity contribution in [2.45, 2.75) is 26.3 Å². The number of hydrogen-bond acceptors (Lipinski definition) is 4. The van der Waals surface area contributed by atoms with Gasteiger partial charge in [0.15, 0.2) is 0 Å².